The largest absolute Gasteiger partial charge is 0.490 e. The normalized spacial score (nSPS) is 24.1. The molecule has 2 heterocycles. The zero-order valence-corrected chi connectivity index (χ0v) is 19.9. The molecule has 1 aromatic carbocycles. The smallest absolute Gasteiger partial charge is 0.409 e. The van der Waals surface area contributed by atoms with Crippen LogP contribution in [0.4, 0.5) is 4.79 Å². The highest BCUT2D eigenvalue weighted by Gasteiger charge is 2.40. The van der Waals surface area contributed by atoms with Crippen LogP contribution in [0.25, 0.3) is 0 Å². The van der Waals surface area contributed by atoms with Crippen LogP contribution < -0.4 is 4.74 Å². The van der Waals surface area contributed by atoms with E-state index in [2.05, 4.69) is 6.07 Å². The summed E-state index contributed by atoms with van der Waals surface area (Å²) in [6, 6.07) is 4.10. The molecule has 2 N–H and O–H groups in total. The van der Waals surface area contributed by atoms with Crippen molar-refractivity contribution in [2.45, 2.75) is 51.7 Å². The molecule has 0 aliphatic carbocycles. The quantitative estimate of drug-likeness (QED) is 0.685. The first kappa shape index (κ1) is 24.8. The average molecular weight is 451 g/mol. The van der Waals surface area contributed by atoms with Crippen LogP contribution in [-0.4, -0.2) is 96.5 Å². The van der Waals surface area contributed by atoms with Crippen LogP contribution >= 0.6 is 0 Å². The Hall–Kier alpha value is -1.87. The molecule has 2 aliphatic heterocycles. The number of carbonyl (C=O) groups excluding carboxylic acids is 1. The molecule has 2 fully saturated rings. The van der Waals surface area contributed by atoms with Gasteiger partial charge in [-0.2, -0.15) is 0 Å². The molecule has 2 saturated heterocycles. The van der Waals surface area contributed by atoms with Crippen LogP contribution in [0, 0.1) is 20.8 Å². The molecular formula is C24H38N2O6. The lowest BCUT2D eigenvalue weighted by Crippen LogP contribution is -2.55. The van der Waals surface area contributed by atoms with Gasteiger partial charge in [-0.1, -0.05) is 6.07 Å². The molecule has 0 unspecified atom stereocenters. The zero-order chi connectivity index (χ0) is 23.4. The molecule has 1 amide bonds. The summed E-state index contributed by atoms with van der Waals surface area (Å²) in [5.74, 6) is 0.775. The van der Waals surface area contributed by atoms with Gasteiger partial charge in [-0.25, -0.2) is 4.79 Å². The fourth-order valence-corrected chi connectivity index (χ4v) is 4.48. The Bertz CT molecular complexity index is 793. The third kappa shape index (κ3) is 6.34. The summed E-state index contributed by atoms with van der Waals surface area (Å²) in [6.07, 6.45) is 0.616. The molecule has 0 saturated carbocycles. The second-order valence-electron chi connectivity index (χ2n) is 9.39. The van der Waals surface area contributed by atoms with E-state index in [1.165, 1.54) is 0 Å². The van der Waals surface area contributed by atoms with E-state index in [1.54, 1.807) is 11.8 Å². The van der Waals surface area contributed by atoms with Gasteiger partial charge in [0.15, 0.2) is 0 Å². The van der Waals surface area contributed by atoms with Gasteiger partial charge >= 0.3 is 6.09 Å². The molecule has 3 rings (SSSR count). The van der Waals surface area contributed by atoms with E-state index in [0.717, 1.165) is 22.4 Å². The number of hydrogen-bond donors (Lipinski definition) is 2. The van der Waals surface area contributed by atoms with Crippen molar-refractivity contribution < 1.29 is 29.2 Å². The van der Waals surface area contributed by atoms with Gasteiger partial charge < -0.3 is 29.3 Å². The van der Waals surface area contributed by atoms with Gasteiger partial charge in [0, 0.05) is 32.7 Å². The maximum absolute atomic E-state index is 11.9. The van der Waals surface area contributed by atoms with Crippen molar-refractivity contribution in [3.05, 3.63) is 28.8 Å². The topological polar surface area (TPSA) is 91.7 Å². The molecule has 0 spiro atoms. The first-order valence-corrected chi connectivity index (χ1v) is 11.5. The fraction of sp³-hybridized carbons (Fsp3) is 0.708. The number of amides is 1. The van der Waals surface area contributed by atoms with E-state index < -0.39 is 11.2 Å². The Labute approximate surface area is 191 Å². The monoisotopic (exact) mass is 450 g/mol. The van der Waals surface area contributed by atoms with Gasteiger partial charge in [-0.3, -0.25) is 4.90 Å². The summed E-state index contributed by atoms with van der Waals surface area (Å²) in [6.45, 7) is 11.3. The standard InChI is InChI=1S/C24H38N2O6/c1-5-31-22(27)26-8-6-23(28,7-9-26)14-25-10-11-30-16-24(29,15-25)17-32-21-13-18(2)12-19(3)20(21)4/h12-13,28-29H,5-11,14-17H2,1-4H3/t24-/m0/s1. The number of nitrogens with zero attached hydrogens (tertiary/aromatic N) is 2. The number of hydrogen-bond acceptors (Lipinski definition) is 7. The number of piperidine rings is 1. The lowest BCUT2D eigenvalue weighted by Gasteiger charge is -2.41. The van der Waals surface area contributed by atoms with E-state index in [9.17, 15) is 15.0 Å². The number of likely N-dealkylation sites (tertiary alicyclic amines) is 1. The molecule has 0 aromatic heterocycles. The van der Waals surface area contributed by atoms with Crippen LogP contribution in [0.3, 0.4) is 0 Å². The van der Waals surface area contributed by atoms with E-state index in [4.69, 9.17) is 14.2 Å². The third-order valence-corrected chi connectivity index (χ3v) is 6.44. The number of ether oxygens (including phenoxy) is 3. The van der Waals surface area contributed by atoms with Crippen molar-refractivity contribution in [2.24, 2.45) is 0 Å². The molecule has 2 aliphatic rings. The highest BCUT2D eigenvalue weighted by atomic mass is 16.6. The van der Waals surface area contributed by atoms with Crippen LogP contribution in [0.1, 0.15) is 36.5 Å². The molecule has 0 radical (unpaired) electrons. The van der Waals surface area contributed by atoms with Crippen molar-refractivity contribution in [3.8, 4) is 5.75 Å². The minimum atomic E-state index is -1.18. The van der Waals surface area contributed by atoms with Crippen LogP contribution in [-0.2, 0) is 9.47 Å². The highest BCUT2D eigenvalue weighted by molar-refractivity contribution is 5.67. The molecule has 1 atom stereocenters. The second-order valence-corrected chi connectivity index (χ2v) is 9.39. The fourth-order valence-electron chi connectivity index (χ4n) is 4.48. The van der Waals surface area contributed by atoms with Crippen molar-refractivity contribution in [3.63, 3.8) is 0 Å². The van der Waals surface area contributed by atoms with Gasteiger partial charge in [0.05, 0.1) is 25.4 Å². The molecule has 8 heteroatoms. The average Bonchev–Trinajstić information content (AvgIpc) is 2.91. The Morgan fingerprint density at radius 3 is 2.53 bits per heavy atom. The van der Waals surface area contributed by atoms with Crippen molar-refractivity contribution in [2.75, 3.05) is 59.2 Å². The van der Waals surface area contributed by atoms with Crippen LogP contribution in [0.2, 0.25) is 0 Å². The molecule has 8 nitrogen and oxygen atoms in total. The van der Waals surface area contributed by atoms with E-state index in [-0.39, 0.29) is 19.3 Å². The number of carbonyl (C=O) groups is 1. The number of aryl methyl sites for hydroxylation is 2. The van der Waals surface area contributed by atoms with Crippen molar-refractivity contribution >= 4 is 6.09 Å². The minimum Gasteiger partial charge on any atom is -0.490 e. The Balaban J connectivity index is 1.59. The number of rotatable bonds is 6. The number of benzene rings is 1. The highest BCUT2D eigenvalue weighted by Crippen LogP contribution is 2.27. The van der Waals surface area contributed by atoms with E-state index >= 15 is 0 Å². The first-order valence-electron chi connectivity index (χ1n) is 11.5. The summed E-state index contributed by atoms with van der Waals surface area (Å²) in [7, 11) is 0. The van der Waals surface area contributed by atoms with Gasteiger partial charge in [-0.05, 0) is 63.3 Å². The van der Waals surface area contributed by atoms with Gasteiger partial charge in [0.25, 0.3) is 0 Å². The molecule has 1 aromatic rings. The van der Waals surface area contributed by atoms with E-state index in [1.807, 2.05) is 31.7 Å². The third-order valence-electron chi connectivity index (χ3n) is 6.44. The molecule has 180 valence electrons. The maximum atomic E-state index is 11.9. The van der Waals surface area contributed by atoms with Crippen LogP contribution in [0.5, 0.6) is 5.75 Å². The predicted molar refractivity (Wildman–Crippen MR) is 121 cm³/mol. The van der Waals surface area contributed by atoms with E-state index in [0.29, 0.717) is 58.8 Å². The predicted octanol–water partition coefficient (Wildman–Crippen LogP) is 2.04. The Morgan fingerprint density at radius 2 is 1.84 bits per heavy atom. The summed E-state index contributed by atoms with van der Waals surface area (Å²) < 4.78 is 16.8. The molecular weight excluding hydrogens is 412 g/mol. The van der Waals surface area contributed by atoms with Crippen LogP contribution in [0.15, 0.2) is 12.1 Å². The summed E-state index contributed by atoms with van der Waals surface area (Å²) in [4.78, 5) is 15.6. The molecule has 0 bridgehead atoms. The lowest BCUT2D eigenvalue weighted by molar-refractivity contribution is -0.0791. The Morgan fingerprint density at radius 1 is 1.12 bits per heavy atom. The maximum Gasteiger partial charge on any atom is 0.409 e. The summed E-state index contributed by atoms with van der Waals surface area (Å²) in [5, 5.41) is 22.4. The molecule has 32 heavy (non-hydrogen) atoms. The van der Waals surface area contributed by atoms with Gasteiger partial charge in [0.2, 0.25) is 0 Å². The summed E-state index contributed by atoms with van der Waals surface area (Å²) >= 11 is 0. The number of aliphatic hydroxyl groups is 2. The Kier molecular flexibility index (Phi) is 8.03. The number of β-amino-alcohol motifs (C(OH)–C–C–N with tert-alkyl or cyclic N) is 2. The SMILES string of the molecule is CCOC(=O)N1CCC(O)(CN2CCOC[C@](O)(COc3cc(C)cc(C)c3C)C2)CC1. The second kappa shape index (κ2) is 10.4. The zero-order valence-electron chi connectivity index (χ0n) is 19.9. The van der Waals surface area contributed by atoms with Crippen molar-refractivity contribution in [1.82, 2.24) is 9.80 Å². The minimum absolute atomic E-state index is 0.113. The van der Waals surface area contributed by atoms with Gasteiger partial charge in [-0.15, -0.1) is 0 Å². The lowest BCUT2D eigenvalue weighted by atomic mass is 9.90. The van der Waals surface area contributed by atoms with Crippen molar-refractivity contribution in [1.29, 1.82) is 0 Å². The first-order chi connectivity index (χ1) is 15.1. The summed E-state index contributed by atoms with van der Waals surface area (Å²) in [5.41, 5.74) is 1.24. The van der Waals surface area contributed by atoms with Gasteiger partial charge in [0.1, 0.15) is 18.0 Å².